The third-order valence-corrected chi connectivity index (χ3v) is 5.11. The Morgan fingerprint density at radius 2 is 2.13 bits per heavy atom. The van der Waals surface area contributed by atoms with Crippen molar-refractivity contribution >= 4 is 5.97 Å². The van der Waals surface area contributed by atoms with Crippen LogP contribution in [0.3, 0.4) is 0 Å². The first kappa shape index (κ1) is 16.4. The molecule has 2 atom stereocenters. The lowest BCUT2D eigenvalue weighted by Crippen LogP contribution is -2.55. The van der Waals surface area contributed by atoms with Crippen molar-refractivity contribution in [2.45, 2.75) is 31.4 Å². The van der Waals surface area contributed by atoms with E-state index in [1.165, 1.54) is 0 Å². The molecule has 0 aromatic heterocycles. The van der Waals surface area contributed by atoms with Gasteiger partial charge in [0, 0.05) is 19.0 Å². The third kappa shape index (κ3) is 3.27. The molecule has 0 saturated carbocycles. The van der Waals surface area contributed by atoms with E-state index in [9.17, 15) is 4.79 Å². The molecule has 0 aromatic rings. The highest BCUT2D eigenvalue weighted by molar-refractivity contribution is 5.86. The second-order valence-corrected chi connectivity index (χ2v) is 6.84. The van der Waals surface area contributed by atoms with Crippen molar-refractivity contribution in [2.24, 2.45) is 11.7 Å². The van der Waals surface area contributed by atoms with Crippen LogP contribution in [0.1, 0.15) is 19.8 Å². The van der Waals surface area contributed by atoms with Gasteiger partial charge in [0.1, 0.15) is 6.10 Å². The first-order valence-corrected chi connectivity index (χ1v) is 8.33. The lowest BCUT2D eigenvalue weighted by molar-refractivity contribution is -0.158. The molecule has 3 rings (SSSR count). The van der Waals surface area contributed by atoms with Gasteiger partial charge >= 0.3 is 5.97 Å². The zero-order valence-electron chi connectivity index (χ0n) is 14.0. The Bertz CT molecular complexity index is 559. The van der Waals surface area contributed by atoms with Crippen molar-refractivity contribution in [3.63, 3.8) is 0 Å². The molecule has 1 saturated heterocycles. The standard InChI is InChI=1S/C18H26N2O3/c1-13-14-5-3-4-6-16(13)18(19,12-22-11-14)17(21)23-15-7-9-20(2)10-8-15/h3-6,14-15H,7-12,19H2,1-2H3. The highest BCUT2D eigenvalue weighted by Crippen LogP contribution is 2.32. The maximum absolute atomic E-state index is 12.9. The van der Waals surface area contributed by atoms with E-state index in [0.29, 0.717) is 6.61 Å². The quantitative estimate of drug-likeness (QED) is 0.780. The third-order valence-electron chi connectivity index (χ3n) is 5.11. The number of piperidine rings is 1. The molecule has 0 spiro atoms. The van der Waals surface area contributed by atoms with Crippen LogP contribution in [0, 0.1) is 5.92 Å². The minimum atomic E-state index is -1.22. The number of fused-ring (bicyclic) bond motifs is 1. The molecule has 0 aromatic carbocycles. The predicted octanol–water partition coefficient (Wildman–Crippen LogP) is 1.41. The summed E-state index contributed by atoms with van der Waals surface area (Å²) in [4.78, 5) is 15.1. The van der Waals surface area contributed by atoms with Gasteiger partial charge in [-0.05, 0) is 32.4 Å². The average Bonchev–Trinajstić information content (AvgIpc) is 2.79. The van der Waals surface area contributed by atoms with E-state index in [1.807, 2.05) is 25.2 Å². The Morgan fingerprint density at radius 3 is 2.87 bits per heavy atom. The zero-order valence-corrected chi connectivity index (χ0v) is 14.0. The molecule has 1 aliphatic carbocycles. The topological polar surface area (TPSA) is 64.8 Å². The SMILES string of the molecule is CC1=C2C=CC=CC1COCC2(N)C(=O)OC1CCN(C)CC1. The number of esters is 1. The molecule has 5 nitrogen and oxygen atoms in total. The number of likely N-dealkylation sites (tertiary alicyclic amines) is 1. The van der Waals surface area contributed by atoms with Gasteiger partial charge in [0.2, 0.25) is 0 Å². The Kier molecular flexibility index (Phi) is 4.71. The number of carbonyl (C=O) groups excluding carboxylic acids is 1. The Balaban J connectivity index is 1.80. The summed E-state index contributed by atoms with van der Waals surface area (Å²) in [5.41, 5.74) is 7.22. The van der Waals surface area contributed by atoms with Crippen molar-refractivity contribution in [1.82, 2.24) is 4.90 Å². The largest absolute Gasteiger partial charge is 0.461 e. The van der Waals surface area contributed by atoms with Gasteiger partial charge in [-0.1, -0.05) is 29.9 Å². The Hall–Kier alpha value is -1.43. The average molecular weight is 318 g/mol. The van der Waals surface area contributed by atoms with Crippen LogP contribution in [0.5, 0.6) is 0 Å². The van der Waals surface area contributed by atoms with E-state index in [0.717, 1.165) is 37.1 Å². The van der Waals surface area contributed by atoms with Crippen LogP contribution in [0.2, 0.25) is 0 Å². The van der Waals surface area contributed by atoms with Gasteiger partial charge in [-0.15, -0.1) is 0 Å². The Labute approximate surface area is 137 Å². The van der Waals surface area contributed by atoms with Crippen LogP contribution in [-0.4, -0.2) is 55.9 Å². The highest BCUT2D eigenvalue weighted by atomic mass is 16.6. The molecule has 2 bridgehead atoms. The predicted molar refractivity (Wildman–Crippen MR) is 88.8 cm³/mol. The van der Waals surface area contributed by atoms with E-state index in [1.54, 1.807) is 0 Å². The lowest BCUT2D eigenvalue weighted by Gasteiger charge is -2.33. The molecule has 5 heteroatoms. The van der Waals surface area contributed by atoms with Gasteiger partial charge in [0.15, 0.2) is 5.54 Å². The summed E-state index contributed by atoms with van der Waals surface area (Å²) >= 11 is 0. The van der Waals surface area contributed by atoms with Gasteiger partial charge in [-0.2, -0.15) is 0 Å². The number of ether oxygens (including phenoxy) is 2. The van der Waals surface area contributed by atoms with Gasteiger partial charge in [0.05, 0.1) is 13.2 Å². The molecule has 1 fully saturated rings. The number of nitrogens with two attached hydrogens (primary N) is 1. The normalized spacial score (nSPS) is 32.6. The first-order valence-electron chi connectivity index (χ1n) is 8.33. The van der Waals surface area contributed by atoms with Crippen molar-refractivity contribution < 1.29 is 14.3 Å². The number of hydrogen-bond acceptors (Lipinski definition) is 5. The first-order chi connectivity index (χ1) is 11.0. The monoisotopic (exact) mass is 318 g/mol. The number of nitrogens with zero attached hydrogens (tertiary/aromatic N) is 1. The second-order valence-electron chi connectivity index (χ2n) is 6.84. The fourth-order valence-electron chi connectivity index (χ4n) is 3.46. The van der Waals surface area contributed by atoms with Gasteiger partial charge in [0.25, 0.3) is 0 Å². The van der Waals surface area contributed by atoms with E-state index in [4.69, 9.17) is 15.2 Å². The molecule has 0 amide bonds. The highest BCUT2D eigenvalue weighted by Gasteiger charge is 2.44. The molecular formula is C18H26N2O3. The summed E-state index contributed by atoms with van der Waals surface area (Å²) < 4.78 is 11.5. The molecule has 2 N–H and O–H groups in total. The molecule has 2 unspecified atom stereocenters. The number of allylic oxidation sites excluding steroid dienone is 2. The van der Waals surface area contributed by atoms with Crippen LogP contribution in [0.25, 0.3) is 0 Å². The second kappa shape index (κ2) is 6.59. The zero-order chi connectivity index (χ0) is 16.4. The van der Waals surface area contributed by atoms with Crippen LogP contribution in [0.4, 0.5) is 0 Å². The maximum Gasteiger partial charge on any atom is 0.333 e. The van der Waals surface area contributed by atoms with Crippen molar-refractivity contribution in [3.05, 3.63) is 35.5 Å². The summed E-state index contributed by atoms with van der Waals surface area (Å²) in [6.07, 6.45) is 9.61. The van der Waals surface area contributed by atoms with Crippen LogP contribution in [-0.2, 0) is 14.3 Å². The molecule has 126 valence electrons. The fourth-order valence-corrected chi connectivity index (χ4v) is 3.46. The van der Waals surface area contributed by atoms with Crippen LogP contribution >= 0.6 is 0 Å². The van der Waals surface area contributed by atoms with Gasteiger partial charge in [-0.3, -0.25) is 0 Å². The molecule has 3 aliphatic rings. The van der Waals surface area contributed by atoms with Crippen molar-refractivity contribution in [2.75, 3.05) is 33.4 Å². The summed E-state index contributed by atoms with van der Waals surface area (Å²) in [6.45, 7) is 4.63. The lowest BCUT2D eigenvalue weighted by atomic mass is 9.85. The summed E-state index contributed by atoms with van der Waals surface area (Å²) in [7, 11) is 2.08. The van der Waals surface area contributed by atoms with Crippen LogP contribution in [0.15, 0.2) is 35.5 Å². The minimum absolute atomic E-state index is 0.0491. The number of carbonyl (C=O) groups is 1. The van der Waals surface area contributed by atoms with E-state index in [2.05, 4.69) is 18.0 Å². The number of rotatable bonds is 2. The van der Waals surface area contributed by atoms with E-state index in [-0.39, 0.29) is 24.6 Å². The van der Waals surface area contributed by atoms with Gasteiger partial charge in [-0.25, -0.2) is 4.79 Å². The fraction of sp³-hybridized carbons (Fsp3) is 0.611. The minimum Gasteiger partial charge on any atom is -0.461 e. The summed E-state index contributed by atoms with van der Waals surface area (Å²) in [5, 5.41) is 0. The molecule has 2 heterocycles. The van der Waals surface area contributed by atoms with Crippen molar-refractivity contribution in [3.8, 4) is 0 Å². The van der Waals surface area contributed by atoms with E-state index < -0.39 is 5.54 Å². The molecule has 2 aliphatic heterocycles. The van der Waals surface area contributed by atoms with Crippen molar-refractivity contribution in [1.29, 1.82) is 0 Å². The maximum atomic E-state index is 12.9. The molecule has 23 heavy (non-hydrogen) atoms. The summed E-state index contributed by atoms with van der Waals surface area (Å²) in [5.74, 6) is -0.199. The molecule has 0 radical (unpaired) electrons. The van der Waals surface area contributed by atoms with Crippen LogP contribution < -0.4 is 5.73 Å². The van der Waals surface area contributed by atoms with Gasteiger partial charge < -0.3 is 20.1 Å². The smallest absolute Gasteiger partial charge is 0.333 e. The Morgan fingerprint density at radius 1 is 1.39 bits per heavy atom. The van der Waals surface area contributed by atoms with E-state index >= 15 is 0 Å². The summed E-state index contributed by atoms with van der Waals surface area (Å²) in [6, 6.07) is 0. The number of hydrogen-bond donors (Lipinski definition) is 1. The molecular weight excluding hydrogens is 292 g/mol.